The van der Waals surface area contributed by atoms with Crippen molar-refractivity contribution < 1.29 is 19.2 Å². The highest BCUT2D eigenvalue weighted by Gasteiger charge is 2.19. The van der Waals surface area contributed by atoms with Crippen LogP contribution < -0.4 is 21.3 Å². The molecule has 0 saturated heterocycles. The predicted octanol–water partition coefficient (Wildman–Crippen LogP) is 2.82. The van der Waals surface area contributed by atoms with Crippen molar-refractivity contribution in [2.75, 3.05) is 44.4 Å². The Morgan fingerprint density at radius 2 is 1.38 bits per heavy atom. The number of Topliss-reactive ketones (excluding diaryl/α,β-unsaturated/α-hetero) is 1. The summed E-state index contributed by atoms with van der Waals surface area (Å²) in [5.74, 6) is -0.706. The van der Waals surface area contributed by atoms with Crippen molar-refractivity contribution in [3.63, 3.8) is 0 Å². The summed E-state index contributed by atoms with van der Waals surface area (Å²) in [6.07, 6.45) is 6.49. The first-order valence-electron chi connectivity index (χ1n) is 14.1. The van der Waals surface area contributed by atoms with E-state index in [4.69, 9.17) is 0 Å². The molecule has 0 atom stereocenters. The van der Waals surface area contributed by atoms with Crippen LogP contribution in [-0.4, -0.2) is 75.8 Å². The predicted molar refractivity (Wildman–Crippen MR) is 164 cm³/mol. The maximum absolute atomic E-state index is 13.1. The van der Waals surface area contributed by atoms with Gasteiger partial charge in [-0.2, -0.15) is 0 Å². The molecule has 42 heavy (non-hydrogen) atoms. The number of hydrogen-bond donors (Lipinski definition) is 4. The van der Waals surface area contributed by atoms with E-state index in [0.717, 1.165) is 18.5 Å². The lowest BCUT2D eigenvalue weighted by atomic mass is 10.1. The summed E-state index contributed by atoms with van der Waals surface area (Å²) < 4.78 is 5.10. The largest absolute Gasteiger partial charge is 0.351 e. The van der Waals surface area contributed by atoms with Crippen molar-refractivity contribution in [2.24, 2.45) is 20.0 Å². The number of nitrogens with zero attached hydrogens (tertiary/aromatic N) is 4. The lowest BCUT2D eigenvalue weighted by Crippen LogP contribution is -2.28. The van der Waals surface area contributed by atoms with Gasteiger partial charge in [-0.05, 0) is 57.7 Å². The summed E-state index contributed by atoms with van der Waals surface area (Å²) in [6, 6.07) is 5.02. The quantitative estimate of drug-likeness (QED) is 0.204. The van der Waals surface area contributed by atoms with Crippen LogP contribution in [0.1, 0.15) is 63.7 Å². The zero-order valence-electron chi connectivity index (χ0n) is 25.7. The summed E-state index contributed by atoms with van der Waals surface area (Å²) >= 11 is 0. The molecular formula is C30H44N8O4. The maximum Gasteiger partial charge on any atom is 0.272 e. The Bertz CT molecular complexity index is 1410. The second-order valence-corrected chi connectivity index (χ2v) is 11.2. The highest BCUT2D eigenvalue weighted by molar-refractivity contribution is 6.07. The Hall–Kier alpha value is -4.16. The number of anilines is 2. The molecule has 12 nitrogen and oxygen atoms in total. The fourth-order valence-corrected chi connectivity index (χ4v) is 4.47. The molecule has 0 aliphatic carbocycles. The van der Waals surface area contributed by atoms with E-state index in [0.29, 0.717) is 54.6 Å². The normalized spacial score (nSPS) is 11.3. The topological polar surface area (TPSA) is 134 Å². The molecule has 3 amide bonds. The van der Waals surface area contributed by atoms with Gasteiger partial charge in [-0.25, -0.2) is 0 Å². The van der Waals surface area contributed by atoms with Gasteiger partial charge in [0.2, 0.25) is 0 Å². The van der Waals surface area contributed by atoms with Gasteiger partial charge >= 0.3 is 0 Å². The first kappa shape index (κ1) is 32.4. The fraction of sp³-hybridized carbons (Fsp3) is 0.467. The number of hydrogen-bond acceptors (Lipinski definition) is 6. The van der Waals surface area contributed by atoms with E-state index in [9.17, 15) is 19.2 Å². The number of nitrogens with one attached hydrogen (secondary N) is 4. The molecule has 0 fully saturated rings. The minimum absolute atomic E-state index is 0.000473. The lowest BCUT2D eigenvalue weighted by molar-refractivity contribution is -0.121. The number of rotatable bonds is 15. The van der Waals surface area contributed by atoms with Gasteiger partial charge in [-0.3, -0.25) is 24.5 Å². The second-order valence-electron chi connectivity index (χ2n) is 11.2. The number of amides is 3. The van der Waals surface area contributed by atoms with Crippen LogP contribution in [0, 0.1) is 12.8 Å². The van der Waals surface area contributed by atoms with E-state index < -0.39 is 0 Å². The summed E-state index contributed by atoms with van der Waals surface area (Å²) in [4.78, 5) is 52.7. The molecule has 0 bridgehead atoms. The van der Waals surface area contributed by atoms with Crippen molar-refractivity contribution in [2.45, 2.75) is 40.3 Å². The first-order valence-corrected chi connectivity index (χ1v) is 14.1. The molecule has 0 unspecified atom stereocenters. The van der Waals surface area contributed by atoms with Gasteiger partial charge in [-0.15, -0.1) is 0 Å². The minimum Gasteiger partial charge on any atom is -0.351 e. The molecule has 3 aromatic heterocycles. The molecule has 0 spiro atoms. The molecule has 3 rings (SSSR count). The molecule has 0 aliphatic rings. The Labute approximate surface area is 247 Å². The number of ketones is 1. The summed E-state index contributed by atoms with van der Waals surface area (Å²) in [5, 5.41) is 11.8. The average molecular weight is 581 g/mol. The number of aryl methyl sites for hydroxylation is 3. The zero-order chi connectivity index (χ0) is 31.0. The van der Waals surface area contributed by atoms with Crippen molar-refractivity contribution in [1.29, 1.82) is 0 Å². The van der Waals surface area contributed by atoms with Crippen molar-refractivity contribution in [3.8, 4) is 0 Å². The van der Waals surface area contributed by atoms with Crippen LogP contribution in [0.5, 0.6) is 0 Å². The third-order valence-electron chi connectivity index (χ3n) is 6.80. The SMILES string of the molecule is Cc1cc(C(=O)Nc2cc(C(=O)Nc3cc(C(=O)NCCCN(C)C)n(C)c3)n(C)c2)n(CNCCC(=O)C(C)C)c1. The summed E-state index contributed by atoms with van der Waals surface area (Å²) in [6.45, 7) is 8.01. The minimum atomic E-state index is -0.374. The molecule has 12 heteroatoms. The van der Waals surface area contributed by atoms with Gasteiger partial charge in [0.1, 0.15) is 22.9 Å². The van der Waals surface area contributed by atoms with E-state index in [1.165, 1.54) is 0 Å². The fourth-order valence-electron chi connectivity index (χ4n) is 4.47. The van der Waals surface area contributed by atoms with Gasteiger partial charge in [-0.1, -0.05) is 13.8 Å². The van der Waals surface area contributed by atoms with E-state index in [1.54, 1.807) is 58.4 Å². The molecule has 3 heterocycles. The second kappa shape index (κ2) is 14.6. The van der Waals surface area contributed by atoms with Crippen LogP contribution in [0.2, 0.25) is 0 Å². The number of carbonyl (C=O) groups is 4. The lowest BCUT2D eigenvalue weighted by Gasteiger charge is -2.11. The third kappa shape index (κ3) is 8.92. The maximum atomic E-state index is 13.1. The Balaban J connectivity index is 1.60. The van der Waals surface area contributed by atoms with Crippen molar-refractivity contribution in [3.05, 3.63) is 59.4 Å². The van der Waals surface area contributed by atoms with E-state index in [1.807, 2.05) is 41.1 Å². The van der Waals surface area contributed by atoms with Crippen LogP contribution in [0.15, 0.2) is 36.8 Å². The van der Waals surface area contributed by atoms with Gasteiger partial charge in [0.15, 0.2) is 0 Å². The third-order valence-corrected chi connectivity index (χ3v) is 6.80. The van der Waals surface area contributed by atoms with Crippen LogP contribution >= 0.6 is 0 Å². The number of carbonyl (C=O) groups excluding carboxylic acids is 4. The van der Waals surface area contributed by atoms with Crippen LogP contribution in [0.3, 0.4) is 0 Å². The monoisotopic (exact) mass is 580 g/mol. The first-order chi connectivity index (χ1) is 19.8. The highest BCUT2D eigenvalue weighted by Crippen LogP contribution is 2.19. The molecular weight excluding hydrogens is 536 g/mol. The van der Waals surface area contributed by atoms with Crippen LogP contribution in [0.4, 0.5) is 11.4 Å². The van der Waals surface area contributed by atoms with Crippen molar-refractivity contribution >= 4 is 34.9 Å². The summed E-state index contributed by atoms with van der Waals surface area (Å²) in [5.41, 5.74) is 3.13. The summed E-state index contributed by atoms with van der Waals surface area (Å²) in [7, 11) is 7.44. The zero-order valence-corrected chi connectivity index (χ0v) is 25.7. The van der Waals surface area contributed by atoms with E-state index in [-0.39, 0.29) is 29.4 Å². The van der Waals surface area contributed by atoms with Gasteiger partial charge in [0.05, 0.1) is 18.0 Å². The smallest absolute Gasteiger partial charge is 0.272 e. The van der Waals surface area contributed by atoms with Gasteiger partial charge in [0, 0.05) is 58.1 Å². The van der Waals surface area contributed by atoms with Crippen LogP contribution in [-0.2, 0) is 25.6 Å². The molecule has 3 aromatic rings. The Morgan fingerprint density at radius 1 is 0.810 bits per heavy atom. The number of aromatic nitrogens is 3. The van der Waals surface area contributed by atoms with Gasteiger partial charge < -0.3 is 34.6 Å². The van der Waals surface area contributed by atoms with Crippen LogP contribution in [0.25, 0.3) is 0 Å². The average Bonchev–Trinajstić information content (AvgIpc) is 3.59. The standard InChI is InChI=1S/C30H44N8O4/c1-20(2)27(39)9-11-31-19-38-16-21(3)13-26(38)30(42)34-23-15-25(37(7)18-23)29(41)33-22-14-24(36(6)17-22)28(40)32-10-8-12-35(4)5/h13-18,20,31H,8-12,19H2,1-7H3,(H,32,40)(H,33,41)(H,34,42). The van der Waals surface area contributed by atoms with Gasteiger partial charge in [0.25, 0.3) is 17.7 Å². The molecule has 0 saturated carbocycles. The molecule has 4 N–H and O–H groups in total. The Kier molecular flexibility index (Phi) is 11.3. The molecule has 0 aromatic carbocycles. The van der Waals surface area contributed by atoms with E-state index in [2.05, 4.69) is 26.2 Å². The molecule has 228 valence electrons. The molecule has 0 aliphatic heterocycles. The highest BCUT2D eigenvalue weighted by atomic mass is 16.2. The van der Waals surface area contributed by atoms with E-state index >= 15 is 0 Å². The van der Waals surface area contributed by atoms with Crippen molar-refractivity contribution in [1.82, 2.24) is 29.2 Å². The Morgan fingerprint density at radius 3 is 1.95 bits per heavy atom. The molecule has 0 radical (unpaired) electrons.